The van der Waals surface area contributed by atoms with Crippen LogP contribution >= 0.6 is 0 Å². The van der Waals surface area contributed by atoms with Crippen LogP contribution < -0.4 is 0 Å². The maximum atomic E-state index is 10.3. The summed E-state index contributed by atoms with van der Waals surface area (Å²) in [6, 6.07) is 0. The van der Waals surface area contributed by atoms with Crippen LogP contribution in [-0.4, -0.2) is 33.6 Å². The van der Waals surface area contributed by atoms with Crippen LogP contribution in [0.3, 0.4) is 0 Å². The Morgan fingerprint density at radius 1 is 1.43 bits per heavy atom. The van der Waals surface area contributed by atoms with E-state index in [9.17, 15) is 15.3 Å². The zero-order valence-corrected chi connectivity index (χ0v) is 13.3. The molecule has 5 atom stereocenters. The highest BCUT2D eigenvalue weighted by Crippen LogP contribution is 2.47. The van der Waals surface area contributed by atoms with Crippen molar-refractivity contribution in [1.29, 1.82) is 0 Å². The number of aliphatic hydroxyl groups is 3. The monoisotopic (exact) mass is 294 g/mol. The highest BCUT2D eigenvalue weighted by molar-refractivity contribution is 5.20. The van der Waals surface area contributed by atoms with Gasteiger partial charge in [0.25, 0.3) is 0 Å². The first-order chi connectivity index (χ1) is 9.96. The van der Waals surface area contributed by atoms with E-state index in [1.54, 1.807) is 0 Å². The summed E-state index contributed by atoms with van der Waals surface area (Å²) in [6.45, 7) is 4.17. The molecular formula is C18H30O3. The van der Waals surface area contributed by atoms with Gasteiger partial charge < -0.3 is 15.3 Å². The minimum Gasteiger partial charge on any atom is -0.392 e. The molecule has 3 nitrogen and oxygen atoms in total. The van der Waals surface area contributed by atoms with Crippen LogP contribution in [-0.2, 0) is 0 Å². The molecule has 1 saturated carbocycles. The molecule has 2 aliphatic rings. The van der Waals surface area contributed by atoms with Crippen LogP contribution in [0, 0.1) is 17.8 Å². The largest absolute Gasteiger partial charge is 0.392 e. The number of rotatable bonds is 7. The first-order valence-electron chi connectivity index (χ1n) is 8.34. The Morgan fingerprint density at radius 2 is 2.19 bits per heavy atom. The highest BCUT2D eigenvalue weighted by atomic mass is 16.3. The van der Waals surface area contributed by atoms with Crippen molar-refractivity contribution >= 4 is 0 Å². The lowest BCUT2D eigenvalue weighted by molar-refractivity contribution is 0.0513. The van der Waals surface area contributed by atoms with Gasteiger partial charge in [-0.2, -0.15) is 0 Å². The van der Waals surface area contributed by atoms with Crippen molar-refractivity contribution in [2.24, 2.45) is 17.8 Å². The molecule has 1 unspecified atom stereocenters. The molecule has 0 aromatic carbocycles. The Kier molecular flexibility index (Phi) is 5.64. The summed E-state index contributed by atoms with van der Waals surface area (Å²) >= 11 is 0. The van der Waals surface area contributed by atoms with E-state index in [-0.39, 0.29) is 18.6 Å². The van der Waals surface area contributed by atoms with Crippen LogP contribution in [0.4, 0.5) is 0 Å². The Hall–Kier alpha value is -0.640. The van der Waals surface area contributed by atoms with Crippen molar-refractivity contribution in [1.82, 2.24) is 0 Å². The van der Waals surface area contributed by atoms with Crippen molar-refractivity contribution in [3.05, 3.63) is 23.8 Å². The van der Waals surface area contributed by atoms with Gasteiger partial charge >= 0.3 is 0 Å². The van der Waals surface area contributed by atoms with Gasteiger partial charge in [-0.3, -0.25) is 0 Å². The molecule has 2 aliphatic carbocycles. The van der Waals surface area contributed by atoms with E-state index in [2.05, 4.69) is 19.1 Å². The molecule has 3 N–H and O–H groups in total. The van der Waals surface area contributed by atoms with E-state index < -0.39 is 5.60 Å². The molecule has 0 saturated heterocycles. The summed E-state index contributed by atoms with van der Waals surface area (Å²) in [4.78, 5) is 0. The van der Waals surface area contributed by atoms with E-state index in [4.69, 9.17) is 0 Å². The quantitative estimate of drug-likeness (QED) is 0.633. The second kappa shape index (κ2) is 7.08. The molecule has 0 aliphatic heterocycles. The number of unbranched alkanes of at least 4 members (excludes halogenated alkanes) is 1. The molecular weight excluding hydrogens is 264 g/mol. The Balaban J connectivity index is 1.89. The second-order valence-electron chi connectivity index (χ2n) is 7.13. The number of aliphatic hydroxyl groups excluding tert-OH is 2. The molecule has 120 valence electrons. The second-order valence-corrected chi connectivity index (χ2v) is 7.13. The summed E-state index contributed by atoms with van der Waals surface area (Å²) in [7, 11) is 0. The van der Waals surface area contributed by atoms with Crippen molar-refractivity contribution in [3.63, 3.8) is 0 Å². The van der Waals surface area contributed by atoms with E-state index in [1.807, 2.05) is 13.0 Å². The van der Waals surface area contributed by atoms with Gasteiger partial charge in [0, 0.05) is 5.92 Å². The smallest absolute Gasteiger partial charge is 0.0654 e. The third-order valence-corrected chi connectivity index (χ3v) is 5.14. The molecule has 0 spiro atoms. The third-order valence-electron chi connectivity index (χ3n) is 5.14. The first-order valence-corrected chi connectivity index (χ1v) is 8.34. The van der Waals surface area contributed by atoms with E-state index in [0.717, 1.165) is 37.7 Å². The van der Waals surface area contributed by atoms with Crippen LogP contribution in [0.1, 0.15) is 52.4 Å². The maximum absolute atomic E-state index is 10.3. The van der Waals surface area contributed by atoms with Crippen molar-refractivity contribution in [2.45, 2.75) is 64.1 Å². The summed E-state index contributed by atoms with van der Waals surface area (Å²) < 4.78 is 0. The van der Waals surface area contributed by atoms with Crippen molar-refractivity contribution in [3.8, 4) is 0 Å². The zero-order chi connectivity index (χ0) is 15.5. The average molecular weight is 294 g/mol. The Labute approximate surface area is 128 Å². The van der Waals surface area contributed by atoms with Gasteiger partial charge in [0.1, 0.15) is 0 Å². The predicted octanol–water partition coefficient (Wildman–Crippen LogP) is 2.81. The van der Waals surface area contributed by atoms with Gasteiger partial charge in [-0.25, -0.2) is 0 Å². The van der Waals surface area contributed by atoms with E-state index >= 15 is 0 Å². The summed E-state index contributed by atoms with van der Waals surface area (Å²) in [5, 5.41) is 29.8. The molecule has 0 heterocycles. The first kappa shape index (κ1) is 16.7. The fourth-order valence-electron chi connectivity index (χ4n) is 3.86. The standard InChI is InChI=1S/C18H30O3/c1-3-4-7-18(2,21)8-5-6-15-16-10-13(12-19)9-14(16)11-17(15)20/h5-6,9,14-17,19-21H,3-4,7-8,10-12H2,1-2H3/b6-5+/t14-,15+,16-,17+,18?/m0/s1. The summed E-state index contributed by atoms with van der Waals surface area (Å²) in [6.07, 6.45) is 11.3. The lowest BCUT2D eigenvalue weighted by Gasteiger charge is -2.22. The van der Waals surface area contributed by atoms with Crippen molar-refractivity contribution < 1.29 is 15.3 Å². The molecule has 0 amide bonds. The molecule has 1 fully saturated rings. The van der Waals surface area contributed by atoms with Crippen LogP contribution in [0.25, 0.3) is 0 Å². The molecule has 3 heteroatoms. The summed E-state index contributed by atoms with van der Waals surface area (Å²) in [5.41, 5.74) is 0.477. The van der Waals surface area contributed by atoms with E-state index in [1.165, 1.54) is 0 Å². The fourth-order valence-corrected chi connectivity index (χ4v) is 3.86. The lowest BCUT2D eigenvalue weighted by Crippen LogP contribution is -2.23. The number of hydrogen-bond acceptors (Lipinski definition) is 3. The molecule has 2 rings (SSSR count). The van der Waals surface area contributed by atoms with Crippen molar-refractivity contribution in [2.75, 3.05) is 6.61 Å². The van der Waals surface area contributed by atoms with Gasteiger partial charge in [0.15, 0.2) is 0 Å². The number of hydrogen-bond donors (Lipinski definition) is 3. The maximum Gasteiger partial charge on any atom is 0.0654 e. The highest BCUT2D eigenvalue weighted by Gasteiger charge is 2.43. The molecule has 0 radical (unpaired) electrons. The molecule has 0 aromatic rings. The van der Waals surface area contributed by atoms with Gasteiger partial charge in [0.2, 0.25) is 0 Å². The van der Waals surface area contributed by atoms with Crippen LogP contribution in [0.5, 0.6) is 0 Å². The van der Waals surface area contributed by atoms with E-state index in [0.29, 0.717) is 18.3 Å². The van der Waals surface area contributed by atoms with Gasteiger partial charge in [-0.05, 0) is 50.0 Å². The predicted molar refractivity (Wildman–Crippen MR) is 84.8 cm³/mol. The average Bonchev–Trinajstić information content (AvgIpc) is 2.95. The molecule has 21 heavy (non-hydrogen) atoms. The normalized spacial score (nSPS) is 35.0. The fraction of sp³-hybridized carbons (Fsp3) is 0.778. The van der Waals surface area contributed by atoms with Gasteiger partial charge in [-0.15, -0.1) is 0 Å². The van der Waals surface area contributed by atoms with Crippen LogP contribution in [0.2, 0.25) is 0 Å². The molecule has 0 aromatic heterocycles. The van der Waals surface area contributed by atoms with Crippen LogP contribution in [0.15, 0.2) is 23.8 Å². The van der Waals surface area contributed by atoms with Gasteiger partial charge in [-0.1, -0.05) is 38.0 Å². The lowest BCUT2D eigenvalue weighted by atomic mass is 9.88. The topological polar surface area (TPSA) is 60.7 Å². The minimum absolute atomic E-state index is 0.144. The Morgan fingerprint density at radius 3 is 2.86 bits per heavy atom. The minimum atomic E-state index is -0.639. The Bertz CT molecular complexity index is 397. The SMILES string of the molecule is CCCCC(C)(O)C/C=C/[C@@H]1[C@H]2CC(CO)=C[C@H]2C[C@H]1O. The van der Waals surface area contributed by atoms with Gasteiger partial charge in [0.05, 0.1) is 18.3 Å². The summed E-state index contributed by atoms with van der Waals surface area (Å²) in [5.74, 6) is 1.01. The zero-order valence-electron chi connectivity index (χ0n) is 13.3. The number of fused-ring (bicyclic) bond motifs is 1. The third kappa shape index (κ3) is 4.18. The molecule has 0 bridgehead atoms. The number of allylic oxidation sites excluding steroid dienone is 1.